The summed E-state index contributed by atoms with van der Waals surface area (Å²) in [6.07, 6.45) is 0.312. The Balaban J connectivity index is 2.25. The van der Waals surface area contributed by atoms with Crippen molar-refractivity contribution >= 4 is 0 Å². The molecule has 0 aromatic heterocycles. The molecular weight excluding hydrogens is 258 g/mol. The molecule has 2 rings (SSSR count). The van der Waals surface area contributed by atoms with Crippen LogP contribution >= 0.6 is 0 Å². The average Bonchev–Trinajstić information content (AvgIpc) is 2.54. The number of nitrogens with two attached hydrogens (primary N) is 1. The Morgan fingerprint density at radius 1 is 0.810 bits per heavy atom. The van der Waals surface area contributed by atoms with E-state index in [4.69, 9.17) is 5.73 Å². The summed E-state index contributed by atoms with van der Waals surface area (Å²) in [6, 6.07) is 19.0. The number of hydrogen-bond acceptors (Lipinski definition) is 2. The van der Waals surface area contributed by atoms with Crippen molar-refractivity contribution in [1.82, 2.24) is 0 Å². The lowest BCUT2D eigenvalue weighted by molar-refractivity contribution is 0.155. The van der Waals surface area contributed by atoms with Gasteiger partial charge in [0.15, 0.2) is 5.60 Å². The molecule has 0 radical (unpaired) electrons. The molecule has 2 heteroatoms. The molecule has 0 atom stereocenters. The van der Waals surface area contributed by atoms with Gasteiger partial charge in [0.25, 0.3) is 0 Å². The van der Waals surface area contributed by atoms with Crippen LogP contribution in [0.4, 0.5) is 0 Å². The van der Waals surface area contributed by atoms with Gasteiger partial charge in [0.2, 0.25) is 0 Å². The van der Waals surface area contributed by atoms with Gasteiger partial charge in [-0.3, -0.25) is 0 Å². The van der Waals surface area contributed by atoms with Crippen molar-refractivity contribution in [2.24, 2.45) is 5.73 Å². The number of rotatable bonds is 2. The summed E-state index contributed by atoms with van der Waals surface area (Å²) in [4.78, 5) is 0. The van der Waals surface area contributed by atoms with Gasteiger partial charge in [-0.1, -0.05) is 48.2 Å². The smallest absolute Gasteiger partial charge is 0.189 e. The molecule has 21 heavy (non-hydrogen) atoms. The van der Waals surface area contributed by atoms with E-state index in [0.29, 0.717) is 13.0 Å². The first-order valence-electron chi connectivity index (χ1n) is 6.81. The highest BCUT2D eigenvalue weighted by atomic mass is 16.3. The summed E-state index contributed by atoms with van der Waals surface area (Å²) in [6.45, 7) is 0.323. The molecule has 3 N–H and O–H groups in total. The predicted molar refractivity (Wildman–Crippen MR) is 85.3 cm³/mol. The van der Waals surface area contributed by atoms with Gasteiger partial charge in [-0.25, -0.2) is 0 Å². The molecule has 0 amide bonds. The molecule has 0 heterocycles. The van der Waals surface area contributed by atoms with Crippen molar-refractivity contribution in [3.8, 4) is 23.7 Å². The molecule has 104 valence electrons. The minimum absolute atomic E-state index is 0.312. The maximum atomic E-state index is 10.5. The molecule has 0 aliphatic carbocycles. The number of aliphatic hydroxyl groups is 1. The second-order valence-corrected chi connectivity index (χ2v) is 4.63. The van der Waals surface area contributed by atoms with Crippen LogP contribution in [0.1, 0.15) is 17.5 Å². The van der Waals surface area contributed by atoms with E-state index in [1.807, 2.05) is 60.7 Å². The first-order chi connectivity index (χ1) is 10.2. The van der Waals surface area contributed by atoms with E-state index in [9.17, 15) is 5.11 Å². The molecule has 0 fully saturated rings. The van der Waals surface area contributed by atoms with Crippen LogP contribution in [0, 0.1) is 23.7 Å². The third kappa shape index (κ3) is 4.82. The molecule has 0 saturated heterocycles. The lowest BCUT2D eigenvalue weighted by Crippen LogP contribution is -2.28. The van der Waals surface area contributed by atoms with Gasteiger partial charge in [0, 0.05) is 17.5 Å². The van der Waals surface area contributed by atoms with E-state index in [1.165, 1.54) is 0 Å². The largest absolute Gasteiger partial charge is 0.367 e. The molecular formula is C19H17NO. The molecule has 0 unspecified atom stereocenters. The van der Waals surface area contributed by atoms with E-state index in [0.717, 1.165) is 11.1 Å². The molecule has 2 aromatic rings. The second-order valence-electron chi connectivity index (χ2n) is 4.63. The highest BCUT2D eigenvalue weighted by Gasteiger charge is 2.19. The summed E-state index contributed by atoms with van der Waals surface area (Å²) in [7, 11) is 0. The van der Waals surface area contributed by atoms with Gasteiger partial charge < -0.3 is 10.8 Å². The Hall–Kier alpha value is -2.52. The van der Waals surface area contributed by atoms with Gasteiger partial charge >= 0.3 is 0 Å². The zero-order chi connectivity index (χ0) is 15.0. The Morgan fingerprint density at radius 3 is 1.62 bits per heavy atom. The van der Waals surface area contributed by atoms with Gasteiger partial charge in [0.1, 0.15) is 0 Å². The van der Waals surface area contributed by atoms with E-state index >= 15 is 0 Å². The van der Waals surface area contributed by atoms with Crippen LogP contribution in [0.5, 0.6) is 0 Å². The fourth-order valence-electron chi connectivity index (χ4n) is 1.76. The summed E-state index contributed by atoms with van der Waals surface area (Å²) < 4.78 is 0. The van der Waals surface area contributed by atoms with Gasteiger partial charge in [-0.15, -0.1) is 0 Å². The Morgan fingerprint density at radius 2 is 1.24 bits per heavy atom. The van der Waals surface area contributed by atoms with Crippen LogP contribution in [-0.2, 0) is 0 Å². The Bertz CT molecular complexity index is 627. The van der Waals surface area contributed by atoms with Crippen molar-refractivity contribution in [1.29, 1.82) is 0 Å². The summed E-state index contributed by atoms with van der Waals surface area (Å²) >= 11 is 0. The fourth-order valence-corrected chi connectivity index (χ4v) is 1.76. The van der Waals surface area contributed by atoms with E-state index in [-0.39, 0.29) is 0 Å². The highest BCUT2D eigenvalue weighted by Crippen LogP contribution is 2.08. The van der Waals surface area contributed by atoms with Crippen LogP contribution in [0.25, 0.3) is 0 Å². The van der Waals surface area contributed by atoms with Crippen molar-refractivity contribution < 1.29 is 5.11 Å². The van der Waals surface area contributed by atoms with E-state index in [2.05, 4.69) is 23.7 Å². The van der Waals surface area contributed by atoms with Crippen LogP contribution in [0.15, 0.2) is 60.7 Å². The Kier molecular flexibility index (Phi) is 5.18. The zero-order valence-corrected chi connectivity index (χ0v) is 11.7. The summed E-state index contributed by atoms with van der Waals surface area (Å²) in [5.41, 5.74) is 5.85. The summed E-state index contributed by atoms with van der Waals surface area (Å²) in [5.74, 6) is 11.6. The monoisotopic (exact) mass is 275 g/mol. The fraction of sp³-hybridized carbons (Fsp3) is 0.158. The first kappa shape index (κ1) is 14.9. The molecule has 0 aliphatic rings. The zero-order valence-electron chi connectivity index (χ0n) is 11.7. The number of hydrogen-bond donors (Lipinski definition) is 2. The molecule has 0 saturated carbocycles. The third-order valence-corrected chi connectivity index (χ3v) is 2.88. The quantitative estimate of drug-likeness (QED) is 0.825. The van der Waals surface area contributed by atoms with Crippen molar-refractivity contribution in [3.63, 3.8) is 0 Å². The van der Waals surface area contributed by atoms with Crippen LogP contribution in [0.3, 0.4) is 0 Å². The molecule has 2 nitrogen and oxygen atoms in total. The minimum Gasteiger partial charge on any atom is -0.367 e. The second kappa shape index (κ2) is 7.31. The number of benzene rings is 2. The average molecular weight is 275 g/mol. The van der Waals surface area contributed by atoms with Crippen LogP contribution < -0.4 is 5.73 Å². The SMILES string of the molecule is NCCC(O)(C#Cc1ccccc1)C#Cc1ccccc1. The van der Waals surface area contributed by atoms with Gasteiger partial charge in [0.05, 0.1) is 0 Å². The lowest BCUT2D eigenvalue weighted by Gasteiger charge is -2.13. The maximum Gasteiger partial charge on any atom is 0.189 e. The van der Waals surface area contributed by atoms with Crippen LogP contribution in [-0.4, -0.2) is 17.3 Å². The normalized spacial score (nSPS) is 10.0. The predicted octanol–water partition coefficient (Wildman–Crippen LogP) is 2.17. The molecule has 0 aliphatic heterocycles. The summed E-state index contributed by atoms with van der Waals surface area (Å²) in [5, 5.41) is 10.5. The van der Waals surface area contributed by atoms with Gasteiger partial charge in [-0.05, 0) is 42.7 Å². The third-order valence-electron chi connectivity index (χ3n) is 2.88. The first-order valence-corrected chi connectivity index (χ1v) is 6.81. The Labute approximate surface area is 125 Å². The molecule has 0 bridgehead atoms. The van der Waals surface area contributed by atoms with Crippen LogP contribution in [0.2, 0.25) is 0 Å². The maximum absolute atomic E-state index is 10.5. The van der Waals surface area contributed by atoms with E-state index in [1.54, 1.807) is 0 Å². The standard InChI is InChI=1S/C19H17NO/c20-16-15-19(21,13-11-17-7-3-1-4-8-17)14-12-18-9-5-2-6-10-18/h1-10,21H,15-16,20H2. The van der Waals surface area contributed by atoms with Gasteiger partial charge in [-0.2, -0.15) is 0 Å². The lowest BCUT2D eigenvalue weighted by atomic mass is 10.00. The van der Waals surface area contributed by atoms with E-state index < -0.39 is 5.60 Å². The molecule has 2 aromatic carbocycles. The topological polar surface area (TPSA) is 46.2 Å². The minimum atomic E-state index is -1.39. The van der Waals surface area contributed by atoms with Crippen molar-refractivity contribution in [3.05, 3.63) is 71.8 Å². The highest BCUT2D eigenvalue weighted by molar-refractivity contribution is 5.43. The van der Waals surface area contributed by atoms with Crippen molar-refractivity contribution in [2.75, 3.05) is 6.54 Å². The molecule has 0 spiro atoms. The van der Waals surface area contributed by atoms with Crippen molar-refractivity contribution in [2.45, 2.75) is 12.0 Å².